The quantitative estimate of drug-likeness (QED) is 0.297. The molecule has 4 aliphatic rings. The molecule has 0 heterocycles. The van der Waals surface area contributed by atoms with Gasteiger partial charge in [-0.15, -0.1) is 0 Å². The Kier molecular flexibility index (Phi) is 6.26. The van der Waals surface area contributed by atoms with Crippen LogP contribution < -0.4 is 0 Å². The van der Waals surface area contributed by atoms with E-state index in [9.17, 15) is 40.5 Å². The molecule has 10 atom stereocenters. The minimum absolute atomic E-state index is 0.0437. The van der Waals surface area contributed by atoms with Crippen molar-refractivity contribution >= 4 is 5.78 Å². The maximum atomic E-state index is 13.3. The zero-order valence-corrected chi connectivity index (χ0v) is 21.7. The lowest BCUT2D eigenvalue weighted by molar-refractivity contribution is -0.211. The van der Waals surface area contributed by atoms with Crippen LogP contribution in [0.25, 0.3) is 0 Å². The predicted molar refractivity (Wildman–Crippen MR) is 128 cm³/mol. The van der Waals surface area contributed by atoms with Gasteiger partial charge in [0.05, 0.1) is 35.1 Å². The summed E-state index contributed by atoms with van der Waals surface area (Å²) < 4.78 is 0. The molecule has 0 aromatic heterocycles. The molecule has 4 aliphatic carbocycles. The number of carbonyl (C=O) groups excluding carboxylic acids is 1. The van der Waals surface area contributed by atoms with E-state index in [0.717, 1.165) is 0 Å². The fourth-order valence-corrected chi connectivity index (χ4v) is 8.31. The summed E-state index contributed by atoms with van der Waals surface area (Å²) in [4.78, 5) is 13.3. The molecule has 4 rings (SSSR count). The summed E-state index contributed by atoms with van der Waals surface area (Å²) in [6.07, 6.45) is 0.0884. The van der Waals surface area contributed by atoms with Gasteiger partial charge in [-0.1, -0.05) is 13.8 Å². The summed E-state index contributed by atoms with van der Waals surface area (Å²) in [5.74, 6) is -1.38. The van der Waals surface area contributed by atoms with Gasteiger partial charge in [-0.25, -0.2) is 0 Å². The molecule has 0 aromatic rings. The molecule has 1 unspecified atom stereocenters. The Morgan fingerprint density at radius 2 is 1.57 bits per heavy atom. The highest BCUT2D eigenvalue weighted by Gasteiger charge is 2.71. The highest BCUT2D eigenvalue weighted by molar-refractivity contribution is 6.00. The molecule has 8 nitrogen and oxygen atoms in total. The van der Waals surface area contributed by atoms with E-state index in [-0.39, 0.29) is 25.2 Å². The van der Waals surface area contributed by atoms with Crippen LogP contribution in [0.2, 0.25) is 0 Å². The van der Waals surface area contributed by atoms with E-state index in [1.165, 1.54) is 6.08 Å². The van der Waals surface area contributed by atoms with Gasteiger partial charge in [-0.2, -0.15) is 0 Å². The van der Waals surface area contributed by atoms with E-state index in [2.05, 4.69) is 0 Å². The number of hydrogen-bond donors (Lipinski definition) is 7. The maximum Gasteiger partial charge on any atom is 0.187 e. The highest BCUT2D eigenvalue weighted by atomic mass is 16.3. The van der Waals surface area contributed by atoms with E-state index in [4.69, 9.17) is 0 Å². The van der Waals surface area contributed by atoms with Gasteiger partial charge in [0, 0.05) is 17.3 Å². The minimum Gasteiger partial charge on any atom is -0.390 e. The summed E-state index contributed by atoms with van der Waals surface area (Å²) in [7, 11) is 0. The van der Waals surface area contributed by atoms with Crippen molar-refractivity contribution in [3.05, 3.63) is 11.6 Å². The lowest BCUT2D eigenvalue weighted by Gasteiger charge is -2.62. The number of rotatable bonds is 5. The SMILES string of the molecule is CC(C)(O)CC[C@@H](O)[C@](C)(O)[C@H]1CCC2(O)C3=CC(=O)[C@]4(O)C[C@@H](O)[C@@H](O)C[C@]4(C)[C@H]3CC[C@]12C. The first-order valence-corrected chi connectivity index (χ1v) is 13.0. The zero-order chi connectivity index (χ0) is 26.4. The Bertz CT molecular complexity index is 907. The monoisotopic (exact) mass is 496 g/mol. The van der Waals surface area contributed by atoms with Crippen LogP contribution in [-0.2, 0) is 4.79 Å². The molecule has 3 saturated carbocycles. The van der Waals surface area contributed by atoms with Crippen LogP contribution in [0.3, 0.4) is 0 Å². The van der Waals surface area contributed by atoms with Gasteiger partial charge in [0.1, 0.15) is 5.60 Å². The molecule has 0 bridgehead atoms. The summed E-state index contributed by atoms with van der Waals surface area (Å²) in [6, 6.07) is 0. The first kappa shape index (κ1) is 27.2. The average molecular weight is 497 g/mol. The van der Waals surface area contributed by atoms with Crippen LogP contribution in [0.1, 0.15) is 86.0 Å². The van der Waals surface area contributed by atoms with E-state index in [1.54, 1.807) is 27.7 Å². The molecule has 35 heavy (non-hydrogen) atoms. The Hall–Kier alpha value is -0.870. The maximum absolute atomic E-state index is 13.3. The van der Waals surface area contributed by atoms with Crippen LogP contribution in [0.15, 0.2) is 11.6 Å². The third-order valence-electron chi connectivity index (χ3n) is 10.7. The Morgan fingerprint density at radius 3 is 2.17 bits per heavy atom. The molecule has 0 aliphatic heterocycles. The molecule has 7 N–H and O–H groups in total. The Labute approximate surface area is 207 Å². The molecular weight excluding hydrogens is 452 g/mol. The fraction of sp³-hybridized carbons (Fsp3) is 0.889. The number of carbonyl (C=O) groups is 1. The molecule has 0 amide bonds. The smallest absolute Gasteiger partial charge is 0.187 e. The fourth-order valence-electron chi connectivity index (χ4n) is 8.31. The van der Waals surface area contributed by atoms with Crippen LogP contribution >= 0.6 is 0 Å². The molecule has 0 aromatic carbocycles. The van der Waals surface area contributed by atoms with Crippen molar-refractivity contribution in [2.45, 2.75) is 127 Å². The summed E-state index contributed by atoms with van der Waals surface area (Å²) in [6.45, 7) is 8.58. The van der Waals surface area contributed by atoms with Gasteiger partial charge in [0.25, 0.3) is 0 Å². The standard InChI is InChI=1S/C27H44O8/c1-22(2,32)9-8-20(30)25(5,33)19-7-11-26(34)16-12-21(31)27(35)14-18(29)17(28)13-24(27,4)15(16)6-10-23(19,26)3/h12,15,17-20,28-30,32-35H,6-11,13-14H2,1-5H3/t15-,17-,18+,19-,20+,23+,24+,25+,26?,27+/m0/s1. The molecule has 3 fully saturated rings. The molecule has 0 saturated heterocycles. The second-order valence-electron chi connectivity index (χ2n) is 13.3. The van der Waals surface area contributed by atoms with Gasteiger partial charge >= 0.3 is 0 Å². The van der Waals surface area contributed by atoms with Crippen LogP contribution in [-0.4, -0.2) is 82.2 Å². The third-order valence-corrected chi connectivity index (χ3v) is 10.7. The second-order valence-corrected chi connectivity index (χ2v) is 13.3. The molecule has 8 heteroatoms. The number of aliphatic hydroxyl groups excluding tert-OH is 3. The normalized spacial score (nSPS) is 48.3. The van der Waals surface area contributed by atoms with Crippen LogP contribution in [0.5, 0.6) is 0 Å². The van der Waals surface area contributed by atoms with Crippen molar-refractivity contribution in [3.63, 3.8) is 0 Å². The van der Waals surface area contributed by atoms with Crippen molar-refractivity contribution in [2.24, 2.45) is 22.7 Å². The average Bonchev–Trinajstić information content (AvgIpc) is 3.01. The Balaban J connectivity index is 1.70. The highest BCUT2D eigenvalue weighted by Crippen LogP contribution is 2.69. The number of ketones is 1. The van der Waals surface area contributed by atoms with Crippen molar-refractivity contribution in [2.75, 3.05) is 0 Å². The second kappa shape index (κ2) is 8.06. The molecule has 0 radical (unpaired) electrons. The van der Waals surface area contributed by atoms with E-state index in [1.807, 2.05) is 6.92 Å². The summed E-state index contributed by atoms with van der Waals surface area (Å²) >= 11 is 0. The topological polar surface area (TPSA) is 159 Å². The van der Waals surface area contributed by atoms with Gasteiger partial charge in [-0.3, -0.25) is 4.79 Å². The van der Waals surface area contributed by atoms with E-state index >= 15 is 0 Å². The number of aliphatic hydroxyl groups is 7. The van der Waals surface area contributed by atoms with Crippen molar-refractivity contribution in [1.29, 1.82) is 0 Å². The lowest BCUT2D eigenvalue weighted by atomic mass is 9.44. The molecule has 200 valence electrons. The predicted octanol–water partition coefficient (Wildman–Crippen LogP) is 0.969. The summed E-state index contributed by atoms with van der Waals surface area (Å²) in [5.41, 5.74) is -7.07. The van der Waals surface area contributed by atoms with E-state index in [0.29, 0.717) is 37.7 Å². The Morgan fingerprint density at radius 1 is 0.971 bits per heavy atom. The first-order valence-electron chi connectivity index (χ1n) is 13.0. The van der Waals surface area contributed by atoms with Crippen molar-refractivity contribution in [3.8, 4) is 0 Å². The minimum atomic E-state index is -1.82. The van der Waals surface area contributed by atoms with Crippen LogP contribution in [0, 0.1) is 22.7 Å². The number of hydrogen-bond acceptors (Lipinski definition) is 8. The largest absolute Gasteiger partial charge is 0.390 e. The van der Waals surface area contributed by atoms with Crippen molar-refractivity contribution in [1.82, 2.24) is 0 Å². The van der Waals surface area contributed by atoms with Crippen molar-refractivity contribution < 1.29 is 40.5 Å². The van der Waals surface area contributed by atoms with Gasteiger partial charge in [-0.05, 0) is 89.2 Å². The zero-order valence-electron chi connectivity index (χ0n) is 21.7. The first-order chi connectivity index (χ1) is 15.8. The molecule has 0 spiro atoms. The number of fused-ring (bicyclic) bond motifs is 5. The molecular formula is C27H44O8. The van der Waals surface area contributed by atoms with E-state index < -0.39 is 63.2 Å². The summed E-state index contributed by atoms with van der Waals surface area (Å²) in [5, 5.41) is 77.0. The van der Waals surface area contributed by atoms with Crippen LogP contribution in [0.4, 0.5) is 0 Å². The van der Waals surface area contributed by atoms with Gasteiger partial charge in [0.2, 0.25) is 0 Å². The van der Waals surface area contributed by atoms with Gasteiger partial charge < -0.3 is 35.7 Å². The lowest BCUT2D eigenvalue weighted by Crippen LogP contribution is -2.69. The third kappa shape index (κ3) is 3.70. The van der Waals surface area contributed by atoms with Gasteiger partial charge in [0.15, 0.2) is 5.78 Å².